The molecule has 0 fully saturated rings. The van der Waals surface area contributed by atoms with Crippen LogP contribution in [0, 0.1) is 0 Å². The number of alkyl halides is 1. The first-order valence-electron chi connectivity index (χ1n) is 3.60. The lowest BCUT2D eigenvalue weighted by atomic mass is 10.0. The van der Waals surface area contributed by atoms with Gasteiger partial charge in [0.05, 0.1) is 5.38 Å². The second-order valence-corrected chi connectivity index (χ2v) is 3.04. The molecule has 0 spiro atoms. The fourth-order valence-electron chi connectivity index (χ4n) is 1.22. The first-order chi connectivity index (χ1) is 5.79. The molecule has 1 aromatic carbocycles. The van der Waals surface area contributed by atoms with Crippen LogP contribution in [0.3, 0.4) is 0 Å². The Balaban J connectivity index is 2.61. The first-order valence-corrected chi connectivity index (χ1v) is 4.04. The molecule has 3 heteroatoms. The SMILES string of the molecule is O=C1N=CC(Cl)c2ccccc21. The summed E-state index contributed by atoms with van der Waals surface area (Å²) < 4.78 is 0. The number of nitrogens with zero attached hydrogens (tertiary/aromatic N) is 1. The van der Waals surface area contributed by atoms with E-state index in [-0.39, 0.29) is 11.3 Å². The van der Waals surface area contributed by atoms with E-state index in [0.717, 1.165) is 5.56 Å². The molecule has 1 amide bonds. The van der Waals surface area contributed by atoms with E-state index in [9.17, 15) is 4.79 Å². The summed E-state index contributed by atoms with van der Waals surface area (Å²) in [5.41, 5.74) is 1.46. The minimum Gasteiger partial charge on any atom is -0.267 e. The Morgan fingerprint density at radius 2 is 2.08 bits per heavy atom. The molecule has 2 nitrogen and oxygen atoms in total. The molecule has 0 N–H and O–H groups in total. The number of hydrogen-bond acceptors (Lipinski definition) is 1. The van der Waals surface area contributed by atoms with Crippen molar-refractivity contribution in [2.24, 2.45) is 4.99 Å². The highest BCUT2D eigenvalue weighted by molar-refractivity contribution is 6.30. The third kappa shape index (κ3) is 1.04. The van der Waals surface area contributed by atoms with Crippen molar-refractivity contribution in [3.05, 3.63) is 35.4 Å². The van der Waals surface area contributed by atoms with E-state index in [1.165, 1.54) is 6.21 Å². The first kappa shape index (κ1) is 7.50. The van der Waals surface area contributed by atoms with Crippen molar-refractivity contribution in [1.82, 2.24) is 0 Å². The minimum atomic E-state index is -0.265. The Morgan fingerprint density at radius 1 is 1.33 bits per heavy atom. The van der Waals surface area contributed by atoms with Crippen molar-refractivity contribution in [3.8, 4) is 0 Å². The van der Waals surface area contributed by atoms with Crippen LogP contribution < -0.4 is 0 Å². The highest BCUT2D eigenvalue weighted by atomic mass is 35.5. The van der Waals surface area contributed by atoms with Crippen LogP contribution in [0.25, 0.3) is 0 Å². The Bertz CT molecular complexity index is 359. The summed E-state index contributed by atoms with van der Waals surface area (Å²) >= 11 is 5.91. The summed E-state index contributed by atoms with van der Waals surface area (Å²) in [5.74, 6) is -0.206. The topological polar surface area (TPSA) is 29.4 Å². The van der Waals surface area contributed by atoms with Gasteiger partial charge in [0.15, 0.2) is 0 Å². The van der Waals surface area contributed by atoms with Crippen LogP contribution in [0.1, 0.15) is 21.3 Å². The summed E-state index contributed by atoms with van der Waals surface area (Å²) in [5, 5.41) is -0.265. The zero-order valence-corrected chi connectivity index (χ0v) is 6.95. The number of carbonyl (C=O) groups is 1. The Morgan fingerprint density at radius 3 is 2.83 bits per heavy atom. The molecule has 1 aliphatic rings. The molecule has 0 aliphatic carbocycles. The van der Waals surface area contributed by atoms with Gasteiger partial charge in [-0.05, 0) is 11.6 Å². The van der Waals surface area contributed by atoms with Gasteiger partial charge in [0.1, 0.15) is 0 Å². The third-order valence-corrected chi connectivity index (χ3v) is 2.16. The van der Waals surface area contributed by atoms with Gasteiger partial charge in [0.2, 0.25) is 0 Å². The van der Waals surface area contributed by atoms with Crippen molar-refractivity contribution in [3.63, 3.8) is 0 Å². The van der Waals surface area contributed by atoms with Crippen LogP contribution in [0.2, 0.25) is 0 Å². The zero-order valence-electron chi connectivity index (χ0n) is 6.20. The minimum absolute atomic E-state index is 0.206. The molecule has 0 saturated carbocycles. The van der Waals surface area contributed by atoms with E-state index in [1.807, 2.05) is 12.1 Å². The number of hydrogen-bond donors (Lipinski definition) is 0. The molecule has 0 radical (unpaired) electrons. The predicted molar refractivity (Wildman–Crippen MR) is 47.9 cm³/mol. The maximum Gasteiger partial charge on any atom is 0.277 e. The molecule has 0 bridgehead atoms. The van der Waals surface area contributed by atoms with Crippen LogP contribution in [-0.4, -0.2) is 12.1 Å². The zero-order chi connectivity index (χ0) is 8.55. The number of aliphatic imine (C=N–C) groups is 1. The van der Waals surface area contributed by atoms with Crippen molar-refractivity contribution in [2.45, 2.75) is 5.38 Å². The van der Waals surface area contributed by atoms with Gasteiger partial charge in [-0.25, -0.2) is 4.99 Å². The monoisotopic (exact) mass is 179 g/mol. The smallest absolute Gasteiger partial charge is 0.267 e. The van der Waals surface area contributed by atoms with E-state index in [0.29, 0.717) is 5.56 Å². The van der Waals surface area contributed by atoms with E-state index in [1.54, 1.807) is 12.1 Å². The summed E-state index contributed by atoms with van der Waals surface area (Å²) in [6.45, 7) is 0. The molecular weight excluding hydrogens is 174 g/mol. The Labute approximate surface area is 74.9 Å². The van der Waals surface area contributed by atoms with E-state index >= 15 is 0 Å². The molecule has 1 heterocycles. The van der Waals surface area contributed by atoms with Gasteiger partial charge in [-0.15, -0.1) is 11.6 Å². The lowest BCUT2D eigenvalue weighted by molar-refractivity contribution is 0.100. The normalized spacial score (nSPS) is 20.8. The number of halogens is 1. The molecule has 0 saturated heterocycles. The predicted octanol–water partition coefficient (Wildman–Crippen LogP) is 2.19. The molecule has 0 aromatic heterocycles. The fraction of sp³-hybridized carbons (Fsp3) is 0.111. The Hall–Kier alpha value is -1.15. The largest absolute Gasteiger partial charge is 0.277 e. The van der Waals surface area contributed by atoms with Gasteiger partial charge < -0.3 is 0 Å². The maximum atomic E-state index is 11.2. The van der Waals surface area contributed by atoms with Gasteiger partial charge in [0, 0.05) is 11.8 Å². The molecule has 60 valence electrons. The molecule has 1 atom stereocenters. The third-order valence-electron chi connectivity index (χ3n) is 1.81. The van der Waals surface area contributed by atoms with Gasteiger partial charge in [-0.1, -0.05) is 18.2 Å². The molecular formula is C9H6ClNO. The van der Waals surface area contributed by atoms with Crippen LogP contribution >= 0.6 is 11.6 Å². The molecule has 1 aliphatic heterocycles. The van der Waals surface area contributed by atoms with Crippen molar-refractivity contribution >= 4 is 23.7 Å². The van der Waals surface area contributed by atoms with Crippen LogP contribution in [0.5, 0.6) is 0 Å². The number of fused-ring (bicyclic) bond motifs is 1. The lowest BCUT2D eigenvalue weighted by Crippen LogP contribution is -2.09. The van der Waals surface area contributed by atoms with Gasteiger partial charge in [-0.2, -0.15) is 0 Å². The molecule has 2 rings (SSSR count). The molecule has 12 heavy (non-hydrogen) atoms. The van der Waals surface area contributed by atoms with Gasteiger partial charge in [0.25, 0.3) is 5.91 Å². The number of rotatable bonds is 0. The second-order valence-electron chi connectivity index (χ2n) is 2.57. The van der Waals surface area contributed by atoms with Gasteiger partial charge >= 0.3 is 0 Å². The molecule has 1 unspecified atom stereocenters. The van der Waals surface area contributed by atoms with Crippen LogP contribution in [0.15, 0.2) is 29.3 Å². The number of benzene rings is 1. The second kappa shape index (κ2) is 2.72. The van der Waals surface area contributed by atoms with Crippen molar-refractivity contribution in [2.75, 3.05) is 0 Å². The standard InChI is InChI=1S/C9H6ClNO/c10-8-5-11-9(12)7-4-2-1-3-6(7)8/h1-5,8H. The lowest BCUT2D eigenvalue weighted by Gasteiger charge is -2.12. The van der Waals surface area contributed by atoms with E-state index < -0.39 is 0 Å². The van der Waals surface area contributed by atoms with Crippen LogP contribution in [0.4, 0.5) is 0 Å². The van der Waals surface area contributed by atoms with E-state index in [4.69, 9.17) is 11.6 Å². The number of amides is 1. The number of carbonyl (C=O) groups excluding carboxylic acids is 1. The summed E-state index contributed by atoms with van der Waals surface area (Å²) in [4.78, 5) is 14.8. The summed E-state index contributed by atoms with van der Waals surface area (Å²) in [6, 6.07) is 7.25. The maximum absolute atomic E-state index is 11.2. The van der Waals surface area contributed by atoms with Crippen molar-refractivity contribution < 1.29 is 4.79 Å². The van der Waals surface area contributed by atoms with Crippen molar-refractivity contribution in [1.29, 1.82) is 0 Å². The summed E-state index contributed by atoms with van der Waals surface area (Å²) in [7, 11) is 0. The van der Waals surface area contributed by atoms with Crippen LogP contribution in [-0.2, 0) is 0 Å². The highest BCUT2D eigenvalue weighted by Gasteiger charge is 2.19. The Kier molecular flexibility index (Phi) is 1.70. The average molecular weight is 180 g/mol. The fourth-order valence-corrected chi connectivity index (χ4v) is 1.46. The van der Waals surface area contributed by atoms with E-state index in [2.05, 4.69) is 4.99 Å². The highest BCUT2D eigenvalue weighted by Crippen LogP contribution is 2.26. The van der Waals surface area contributed by atoms with Gasteiger partial charge in [-0.3, -0.25) is 4.79 Å². The average Bonchev–Trinajstić information content (AvgIpc) is 2.12. The quantitative estimate of drug-likeness (QED) is 0.562. The summed E-state index contributed by atoms with van der Waals surface area (Å²) in [6.07, 6.45) is 1.46. The molecule has 1 aromatic rings.